The number of hydrogen-bond donors (Lipinski definition) is 0. The molecule has 0 spiro atoms. The van der Waals surface area contributed by atoms with Crippen molar-refractivity contribution in [2.45, 2.75) is 13.8 Å². The number of rotatable bonds is 3. The van der Waals surface area contributed by atoms with Gasteiger partial charge in [-0.15, -0.1) is 93.9 Å². The predicted octanol–water partition coefficient (Wildman–Crippen LogP) is 12.1. The monoisotopic (exact) mass is 706 g/mol. The molecule has 0 saturated heterocycles. The normalized spacial score (nSPS) is 9.48. The standard InChI is InChI=1S/C22H17.C16H13.2CH3.2ClH.Si.Zr/c1-16-8-5-6-12-20(16)19-14-18-11-7-13-21(22(18)15-19)17-9-3-2-4-10-17;1-12-10-14-8-5-9-15(16(14)11-12)13-6-3-2-4-7-13;;;;;;/h2-15H,1H3;2-11H,1H3;2*1H3;2*1H;;/q4*-1;;;;. The molecule has 0 aromatic heterocycles. The molecular weight excluding hydrogens is 671 g/mol. The molecular formula is C40H38Cl2SiZr-4. The second-order valence-corrected chi connectivity index (χ2v) is 9.94. The maximum absolute atomic E-state index is 3.06. The van der Waals surface area contributed by atoms with E-state index in [9.17, 15) is 0 Å². The van der Waals surface area contributed by atoms with Gasteiger partial charge in [-0.25, -0.2) is 0 Å². The Hall–Kier alpha value is -3.00. The molecule has 0 aliphatic heterocycles. The Balaban J connectivity index is 0.000000397. The van der Waals surface area contributed by atoms with E-state index in [0.29, 0.717) is 0 Å². The molecule has 44 heavy (non-hydrogen) atoms. The summed E-state index contributed by atoms with van der Waals surface area (Å²) in [5, 5.41) is 5.32. The van der Waals surface area contributed by atoms with E-state index < -0.39 is 0 Å². The van der Waals surface area contributed by atoms with Crippen molar-refractivity contribution in [2.75, 3.05) is 0 Å². The second-order valence-electron chi connectivity index (χ2n) is 9.94. The molecule has 7 rings (SSSR count). The molecule has 0 aliphatic rings. The molecule has 224 valence electrons. The van der Waals surface area contributed by atoms with Gasteiger partial charge in [0, 0.05) is 0 Å². The molecule has 7 aromatic carbocycles. The van der Waals surface area contributed by atoms with Crippen molar-refractivity contribution in [1.29, 1.82) is 0 Å². The Morgan fingerprint density at radius 2 is 0.909 bits per heavy atom. The molecule has 0 unspecified atom stereocenters. The number of benzene rings is 5. The van der Waals surface area contributed by atoms with Crippen LogP contribution in [0.1, 0.15) is 11.1 Å². The topological polar surface area (TPSA) is 0 Å². The molecule has 0 nitrogen and oxygen atoms in total. The number of hydrogen-bond acceptors (Lipinski definition) is 0. The van der Waals surface area contributed by atoms with Crippen LogP contribution in [0.5, 0.6) is 0 Å². The minimum absolute atomic E-state index is 0. The minimum atomic E-state index is 0. The molecule has 0 aliphatic carbocycles. The summed E-state index contributed by atoms with van der Waals surface area (Å²) >= 11 is 1.36. The molecule has 7 aromatic rings. The first-order valence-electron chi connectivity index (χ1n) is 13.4. The van der Waals surface area contributed by atoms with Gasteiger partial charge in [-0.2, -0.15) is 6.07 Å². The van der Waals surface area contributed by atoms with Gasteiger partial charge in [0.1, 0.15) is 0 Å². The fourth-order valence-electron chi connectivity index (χ4n) is 5.41. The zero-order valence-corrected chi connectivity index (χ0v) is 30.8. The van der Waals surface area contributed by atoms with Crippen molar-refractivity contribution >= 4 is 53.2 Å². The van der Waals surface area contributed by atoms with E-state index in [-0.39, 0.29) is 39.7 Å². The van der Waals surface area contributed by atoms with Crippen molar-refractivity contribution in [3.05, 3.63) is 172 Å². The number of halogens is 2. The SMILES string of the molecule is Cc1cc2c(-c3ccccc3)cccc2[cH-]1.Cc1ccccc1-c1cc2c(-c3ccccc3)cccc2[cH-]1.Cl.Cl.[CH3-].[CH3-].[Si]=[Zr]. The van der Waals surface area contributed by atoms with E-state index in [4.69, 9.17) is 0 Å². The third-order valence-electron chi connectivity index (χ3n) is 7.27. The molecule has 0 atom stereocenters. The van der Waals surface area contributed by atoms with Gasteiger partial charge in [0.2, 0.25) is 0 Å². The van der Waals surface area contributed by atoms with Gasteiger partial charge in [-0.05, 0) is 18.1 Å². The van der Waals surface area contributed by atoms with Crippen LogP contribution in [0.2, 0.25) is 0 Å². The van der Waals surface area contributed by atoms with Crippen LogP contribution in [0, 0.1) is 28.7 Å². The van der Waals surface area contributed by atoms with Crippen molar-refractivity contribution in [2.24, 2.45) is 0 Å². The Labute approximate surface area is 293 Å². The van der Waals surface area contributed by atoms with Crippen molar-refractivity contribution in [3.63, 3.8) is 0 Å². The van der Waals surface area contributed by atoms with Crippen LogP contribution in [-0.4, -0.2) is 6.88 Å². The average molecular weight is 709 g/mol. The van der Waals surface area contributed by atoms with Gasteiger partial charge in [-0.1, -0.05) is 132 Å². The molecule has 0 bridgehead atoms. The molecule has 2 radical (unpaired) electrons. The van der Waals surface area contributed by atoms with Gasteiger partial charge >= 0.3 is 30.2 Å². The Kier molecular flexibility index (Phi) is 16.6. The van der Waals surface area contributed by atoms with Crippen LogP contribution in [-0.2, 0) is 23.3 Å². The van der Waals surface area contributed by atoms with E-state index in [0.717, 1.165) is 0 Å². The van der Waals surface area contributed by atoms with Crippen LogP contribution in [0.25, 0.3) is 54.9 Å². The summed E-state index contributed by atoms with van der Waals surface area (Å²) < 4.78 is 0. The zero-order valence-electron chi connectivity index (χ0n) is 25.7. The zero-order chi connectivity index (χ0) is 27.9. The second kappa shape index (κ2) is 18.7. The van der Waals surface area contributed by atoms with E-state index in [1.54, 1.807) is 0 Å². The third-order valence-corrected chi connectivity index (χ3v) is 7.27. The summed E-state index contributed by atoms with van der Waals surface area (Å²) in [5.41, 5.74) is 10.5. The summed E-state index contributed by atoms with van der Waals surface area (Å²) in [6, 6.07) is 51.9. The van der Waals surface area contributed by atoms with Gasteiger partial charge < -0.3 is 14.9 Å². The molecule has 0 heterocycles. The van der Waals surface area contributed by atoms with E-state index in [1.807, 2.05) is 0 Å². The van der Waals surface area contributed by atoms with Gasteiger partial charge in [0.05, 0.1) is 0 Å². The van der Waals surface area contributed by atoms with Crippen LogP contribution in [0.3, 0.4) is 0 Å². The summed E-state index contributed by atoms with van der Waals surface area (Å²) in [5.74, 6) is 0. The molecule has 0 amide bonds. The Morgan fingerprint density at radius 1 is 0.477 bits per heavy atom. The fraction of sp³-hybridized carbons (Fsp3) is 0.0500. The summed E-state index contributed by atoms with van der Waals surface area (Å²) in [7, 11) is 0. The quantitative estimate of drug-likeness (QED) is 0.127. The van der Waals surface area contributed by atoms with E-state index >= 15 is 0 Å². The van der Waals surface area contributed by atoms with Gasteiger partial charge in [0.25, 0.3) is 0 Å². The first kappa shape index (κ1) is 39.0. The van der Waals surface area contributed by atoms with Crippen LogP contribution >= 0.6 is 24.8 Å². The van der Waals surface area contributed by atoms with Gasteiger partial charge in [-0.3, -0.25) is 0 Å². The van der Waals surface area contributed by atoms with Crippen LogP contribution in [0.15, 0.2) is 146 Å². The Bertz CT molecular complexity index is 1850. The van der Waals surface area contributed by atoms with E-state index in [2.05, 4.69) is 166 Å². The first-order chi connectivity index (χ1) is 19.7. The third kappa shape index (κ3) is 8.80. The summed E-state index contributed by atoms with van der Waals surface area (Å²) in [6.45, 7) is 7.38. The van der Waals surface area contributed by atoms with Crippen LogP contribution < -0.4 is 0 Å². The van der Waals surface area contributed by atoms with Crippen molar-refractivity contribution < 1.29 is 23.3 Å². The Morgan fingerprint density at radius 3 is 1.43 bits per heavy atom. The fourth-order valence-corrected chi connectivity index (χ4v) is 5.41. The number of fused-ring (bicyclic) bond motifs is 2. The summed E-state index contributed by atoms with van der Waals surface area (Å²) in [4.78, 5) is 0. The van der Waals surface area contributed by atoms with Gasteiger partial charge in [0.15, 0.2) is 0 Å². The molecule has 0 fully saturated rings. The average Bonchev–Trinajstić information content (AvgIpc) is 3.62. The predicted molar refractivity (Wildman–Crippen MR) is 198 cm³/mol. The van der Waals surface area contributed by atoms with Crippen LogP contribution in [0.4, 0.5) is 0 Å². The van der Waals surface area contributed by atoms with Crippen molar-refractivity contribution in [3.8, 4) is 33.4 Å². The number of aryl methyl sites for hydroxylation is 2. The summed E-state index contributed by atoms with van der Waals surface area (Å²) in [6.07, 6.45) is 0. The van der Waals surface area contributed by atoms with E-state index in [1.165, 1.54) is 89.4 Å². The maximum atomic E-state index is 3.06. The van der Waals surface area contributed by atoms with Crippen molar-refractivity contribution in [1.82, 2.24) is 0 Å². The molecule has 0 saturated carbocycles. The molecule has 4 heteroatoms. The first-order valence-corrected chi connectivity index (χ1v) is 17.6. The molecule has 0 N–H and O–H groups in total.